The van der Waals surface area contributed by atoms with Gasteiger partial charge in [0.15, 0.2) is 0 Å². The molecule has 0 bridgehead atoms. The van der Waals surface area contributed by atoms with Crippen LogP contribution in [0.15, 0.2) is 18.2 Å². The van der Waals surface area contributed by atoms with Gasteiger partial charge in [-0.2, -0.15) is 0 Å². The molecule has 1 saturated carbocycles. The SMILES string of the molecule is Cc1ccc(N)cc1NC(=O)CN1C(=O)NC2(CCCC2)C1=O. The maximum Gasteiger partial charge on any atom is 0.325 e. The molecule has 1 aliphatic heterocycles. The molecule has 0 aromatic heterocycles. The van der Waals surface area contributed by atoms with Gasteiger partial charge in [-0.3, -0.25) is 14.5 Å². The summed E-state index contributed by atoms with van der Waals surface area (Å²) in [5.74, 6) is -0.711. The molecule has 1 aromatic rings. The molecular weight excluding hydrogens is 296 g/mol. The second-order valence-electron chi connectivity index (χ2n) is 6.23. The fourth-order valence-corrected chi connectivity index (χ4v) is 3.24. The molecule has 0 unspecified atom stereocenters. The molecule has 1 aliphatic carbocycles. The minimum Gasteiger partial charge on any atom is -0.399 e. The number of benzene rings is 1. The highest BCUT2D eigenvalue weighted by Gasteiger charge is 2.52. The van der Waals surface area contributed by atoms with Gasteiger partial charge in [0.1, 0.15) is 12.1 Å². The number of hydrogen-bond acceptors (Lipinski definition) is 4. The van der Waals surface area contributed by atoms with Gasteiger partial charge >= 0.3 is 6.03 Å². The number of carbonyl (C=O) groups excluding carboxylic acids is 3. The summed E-state index contributed by atoms with van der Waals surface area (Å²) < 4.78 is 0. The largest absolute Gasteiger partial charge is 0.399 e. The topological polar surface area (TPSA) is 105 Å². The van der Waals surface area contributed by atoms with Gasteiger partial charge in [-0.25, -0.2) is 4.79 Å². The lowest BCUT2D eigenvalue weighted by atomic mass is 9.98. The lowest BCUT2D eigenvalue weighted by molar-refractivity contribution is -0.133. The van der Waals surface area contributed by atoms with Crippen molar-refractivity contribution in [2.45, 2.75) is 38.1 Å². The predicted molar refractivity (Wildman–Crippen MR) is 85.7 cm³/mol. The molecule has 0 atom stereocenters. The van der Waals surface area contributed by atoms with Gasteiger partial charge in [0, 0.05) is 11.4 Å². The number of imide groups is 1. The molecule has 1 spiro atoms. The average molecular weight is 316 g/mol. The highest BCUT2D eigenvalue weighted by molar-refractivity contribution is 6.10. The first-order chi connectivity index (χ1) is 10.9. The van der Waals surface area contributed by atoms with Crippen LogP contribution in [0.2, 0.25) is 0 Å². The Labute approximate surface area is 134 Å². The van der Waals surface area contributed by atoms with Gasteiger partial charge in [0.05, 0.1) is 0 Å². The molecule has 4 amide bonds. The van der Waals surface area contributed by atoms with Crippen molar-refractivity contribution in [2.24, 2.45) is 0 Å². The minimum absolute atomic E-state index is 0.291. The molecule has 1 saturated heterocycles. The number of aryl methyl sites for hydroxylation is 1. The minimum atomic E-state index is -0.787. The third-order valence-corrected chi connectivity index (χ3v) is 4.54. The first-order valence-corrected chi connectivity index (χ1v) is 7.71. The normalized spacial score (nSPS) is 19.3. The Morgan fingerprint density at radius 1 is 1.35 bits per heavy atom. The van der Waals surface area contributed by atoms with Crippen LogP contribution >= 0.6 is 0 Å². The molecule has 23 heavy (non-hydrogen) atoms. The van der Waals surface area contributed by atoms with Crippen molar-refractivity contribution >= 4 is 29.2 Å². The molecule has 2 fully saturated rings. The smallest absolute Gasteiger partial charge is 0.325 e. The highest BCUT2D eigenvalue weighted by atomic mass is 16.2. The van der Waals surface area contributed by atoms with E-state index in [2.05, 4.69) is 10.6 Å². The van der Waals surface area contributed by atoms with E-state index in [0.29, 0.717) is 24.2 Å². The number of rotatable bonds is 3. The van der Waals surface area contributed by atoms with E-state index in [1.54, 1.807) is 18.2 Å². The van der Waals surface area contributed by atoms with E-state index < -0.39 is 17.5 Å². The van der Waals surface area contributed by atoms with Crippen molar-refractivity contribution in [3.8, 4) is 0 Å². The molecule has 122 valence electrons. The van der Waals surface area contributed by atoms with Crippen LogP contribution in [-0.2, 0) is 9.59 Å². The number of nitrogens with zero attached hydrogens (tertiary/aromatic N) is 1. The van der Waals surface area contributed by atoms with Crippen LogP contribution in [0, 0.1) is 6.92 Å². The van der Waals surface area contributed by atoms with Gasteiger partial charge in [0.2, 0.25) is 5.91 Å². The molecule has 7 nitrogen and oxygen atoms in total. The maximum atomic E-state index is 12.5. The lowest BCUT2D eigenvalue weighted by Crippen LogP contribution is -2.44. The van der Waals surface area contributed by atoms with E-state index in [9.17, 15) is 14.4 Å². The molecule has 4 N–H and O–H groups in total. The van der Waals surface area contributed by atoms with E-state index in [1.165, 1.54) is 0 Å². The summed E-state index contributed by atoms with van der Waals surface area (Å²) in [5.41, 5.74) is 6.89. The van der Waals surface area contributed by atoms with Crippen LogP contribution in [0.3, 0.4) is 0 Å². The van der Waals surface area contributed by atoms with Crippen LogP contribution in [-0.4, -0.2) is 34.8 Å². The number of nitrogens with one attached hydrogen (secondary N) is 2. The van der Waals surface area contributed by atoms with Crippen molar-refractivity contribution in [2.75, 3.05) is 17.6 Å². The zero-order chi connectivity index (χ0) is 16.6. The number of amides is 4. The maximum absolute atomic E-state index is 12.5. The number of anilines is 2. The highest BCUT2D eigenvalue weighted by Crippen LogP contribution is 2.34. The Morgan fingerprint density at radius 3 is 2.74 bits per heavy atom. The number of nitrogens with two attached hydrogens (primary N) is 1. The van der Waals surface area contributed by atoms with Gasteiger partial charge in [-0.05, 0) is 37.5 Å². The third-order valence-electron chi connectivity index (χ3n) is 4.54. The lowest BCUT2D eigenvalue weighted by Gasteiger charge is -2.20. The Bertz CT molecular complexity index is 680. The summed E-state index contributed by atoms with van der Waals surface area (Å²) in [6.45, 7) is 1.55. The van der Waals surface area contributed by atoms with Crippen LogP contribution < -0.4 is 16.4 Å². The van der Waals surface area contributed by atoms with Crippen molar-refractivity contribution in [3.63, 3.8) is 0 Å². The predicted octanol–water partition coefficient (Wildman–Crippen LogP) is 1.38. The molecule has 2 aliphatic rings. The zero-order valence-corrected chi connectivity index (χ0v) is 13.0. The molecule has 0 radical (unpaired) electrons. The number of carbonyl (C=O) groups is 3. The van der Waals surface area contributed by atoms with Crippen LogP contribution in [0.25, 0.3) is 0 Å². The van der Waals surface area contributed by atoms with Crippen LogP contribution in [0.1, 0.15) is 31.2 Å². The molecule has 7 heteroatoms. The van der Waals surface area contributed by atoms with Crippen molar-refractivity contribution in [3.05, 3.63) is 23.8 Å². The summed E-state index contributed by atoms with van der Waals surface area (Å²) in [6.07, 6.45) is 3.11. The van der Waals surface area contributed by atoms with E-state index >= 15 is 0 Å². The number of urea groups is 1. The number of hydrogen-bond donors (Lipinski definition) is 3. The van der Waals surface area contributed by atoms with Gasteiger partial charge in [-0.15, -0.1) is 0 Å². The molecular formula is C16H20N4O3. The van der Waals surface area contributed by atoms with E-state index in [0.717, 1.165) is 23.3 Å². The van der Waals surface area contributed by atoms with E-state index in [1.807, 2.05) is 6.92 Å². The van der Waals surface area contributed by atoms with E-state index in [-0.39, 0.29) is 12.5 Å². The Hall–Kier alpha value is -2.57. The summed E-state index contributed by atoms with van der Waals surface area (Å²) in [4.78, 5) is 37.7. The first-order valence-electron chi connectivity index (χ1n) is 7.71. The number of nitrogen functional groups attached to an aromatic ring is 1. The van der Waals surface area contributed by atoms with Crippen molar-refractivity contribution in [1.82, 2.24) is 10.2 Å². The Balaban J connectivity index is 1.69. The summed E-state index contributed by atoms with van der Waals surface area (Å²) in [6, 6.07) is 4.70. The van der Waals surface area contributed by atoms with Crippen LogP contribution in [0.4, 0.5) is 16.2 Å². The van der Waals surface area contributed by atoms with Crippen LogP contribution in [0.5, 0.6) is 0 Å². The summed E-state index contributed by atoms with van der Waals surface area (Å²) in [7, 11) is 0. The first kappa shape index (κ1) is 15.3. The average Bonchev–Trinajstić information content (AvgIpc) is 3.05. The quantitative estimate of drug-likeness (QED) is 0.579. The monoisotopic (exact) mass is 316 g/mol. The fraction of sp³-hybridized carbons (Fsp3) is 0.438. The fourth-order valence-electron chi connectivity index (χ4n) is 3.24. The second kappa shape index (κ2) is 5.57. The summed E-state index contributed by atoms with van der Waals surface area (Å²) >= 11 is 0. The van der Waals surface area contributed by atoms with Gasteiger partial charge in [0.25, 0.3) is 5.91 Å². The zero-order valence-electron chi connectivity index (χ0n) is 13.0. The van der Waals surface area contributed by atoms with Gasteiger partial charge in [-0.1, -0.05) is 18.9 Å². The second-order valence-corrected chi connectivity index (χ2v) is 6.23. The standard InChI is InChI=1S/C16H20N4O3/c1-10-4-5-11(17)8-12(10)18-13(21)9-20-14(22)16(19-15(20)23)6-2-3-7-16/h4-5,8H,2-3,6-7,9,17H2,1H3,(H,18,21)(H,19,23). The van der Waals surface area contributed by atoms with Crippen molar-refractivity contribution in [1.29, 1.82) is 0 Å². The molecule has 1 heterocycles. The Kier molecular flexibility index (Phi) is 3.71. The Morgan fingerprint density at radius 2 is 2.04 bits per heavy atom. The molecule has 1 aromatic carbocycles. The third kappa shape index (κ3) is 2.74. The van der Waals surface area contributed by atoms with E-state index in [4.69, 9.17) is 5.73 Å². The van der Waals surface area contributed by atoms with Gasteiger partial charge < -0.3 is 16.4 Å². The molecule has 3 rings (SSSR count). The van der Waals surface area contributed by atoms with Crippen molar-refractivity contribution < 1.29 is 14.4 Å². The summed E-state index contributed by atoms with van der Waals surface area (Å²) in [5, 5.41) is 5.46.